The Bertz CT molecular complexity index is 577. The minimum atomic E-state index is -1.13. The van der Waals surface area contributed by atoms with Gasteiger partial charge in [-0.05, 0) is 87.9 Å². The van der Waals surface area contributed by atoms with E-state index in [0.717, 1.165) is 26.1 Å². The zero-order valence-electron chi connectivity index (χ0n) is 19.5. The van der Waals surface area contributed by atoms with Gasteiger partial charge in [-0.2, -0.15) is 0 Å². The van der Waals surface area contributed by atoms with E-state index in [0.29, 0.717) is 63.2 Å². The van der Waals surface area contributed by atoms with Crippen molar-refractivity contribution in [2.24, 2.45) is 35.5 Å². The maximum absolute atomic E-state index is 10.8. The molecule has 1 heterocycles. The Balaban J connectivity index is 1.26. The standard InChI is InChI=1S/C25H44O8/c26-19-6-14(3-13-1-2-33-12-13)7-20(27)17(19)4-15-8-21(28)18(22(29)9-15)5-16-10-23(30)25(32)24(31)11-16/h13-32H,1-12H2. The highest BCUT2D eigenvalue weighted by Crippen LogP contribution is 2.43. The highest BCUT2D eigenvalue weighted by molar-refractivity contribution is 4.94. The second-order valence-electron chi connectivity index (χ2n) is 11.7. The van der Waals surface area contributed by atoms with Crippen LogP contribution in [0.4, 0.5) is 0 Å². The predicted molar refractivity (Wildman–Crippen MR) is 120 cm³/mol. The zero-order valence-corrected chi connectivity index (χ0v) is 19.5. The van der Waals surface area contributed by atoms with Crippen molar-refractivity contribution in [3.63, 3.8) is 0 Å². The molecule has 8 heteroatoms. The van der Waals surface area contributed by atoms with Gasteiger partial charge < -0.3 is 40.5 Å². The Hall–Kier alpha value is -0.320. The van der Waals surface area contributed by atoms with Crippen molar-refractivity contribution < 1.29 is 40.5 Å². The maximum atomic E-state index is 10.8. The lowest BCUT2D eigenvalue weighted by atomic mass is 9.66. The van der Waals surface area contributed by atoms with Crippen LogP contribution >= 0.6 is 0 Å². The number of aliphatic hydroxyl groups excluding tert-OH is 7. The molecule has 7 unspecified atom stereocenters. The lowest BCUT2D eigenvalue weighted by Crippen LogP contribution is -2.47. The molecule has 7 atom stereocenters. The van der Waals surface area contributed by atoms with E-state index in [9.17, 15) is 35.7 Å². The predicted octanol–water partition coefficient (Wildman–Crippen LogP) is 0.182. The molecule has 33 heavy (non-hydrogen) atoms. The van der Waals surface area contributed by atoms with E-state index < -0.39 is 42.7 Å². The number of hydrogen-bond donors (Lipinski definition) is 7. The third kappa shape index (κ3) is 6.28. The van der Waals surface area contributed by atoms with Crippen LogP contribution in [0.5, 0.6) is 0 Å². The number of rotatable bonds is 6. The van der Waals surface area contributed by atoms with Crippen LogP contribution in [-0.4, -0.2) is 91.7 Å². The first-order valence-corrected chi connectivity index (χ1v) is 13.0. The summed E-state index contributed by atoms with van der Waals surface area (Å²) in [5.74, 6) is 0.246. The van der Waals surface area contributed by atoms with Gasteiger partial charge in [0.15, 0.2) is 0 Å². The molecule has 0 amide bonds. The number of aliphatic hydroxyl groups is 7. The second kappa shape index (κ2) is 11.2. The summed E-state index contributed by atoms with van der Waals surface area (Å²) in [5.41, 5.74) is 0. The molecule has 8 nitrogen and oxygen atoms in total. The van der Waals surface area contributed by atoms with Gasteiger partial charge in [-0.25, -0.2) is 0 Å². The van der Waals surface area contributed by atoms with E-state index in [1.165, 1.54) is 0 Å². The molecule has 3 saturated carbocycles. The first-order valence-electron chi connectivity index (χ1n) is 13.0. The zero-order chi connectivity index (χ0) is 23.7. The second-order valence-corrected chi connectivity index (χ2v) is 11.7. The summed E-state index contributed by atoms with van der Waals surface area (Å²) in [4.78, 5) is 0. The first kappa shape index (κ1) is 25.8. The smallest absolute Gasteiger partial charge is 0.106 e. The Kier molecular flexibility index (Phi) is 8.72. The molecule has 0 bridgehead atoms. The van der Waals surface area contributed by atoms with Crippen LogP contribution in [0.3, 0.4) is 0 Å². The molecule has 0 aromatic carbocycles. The van der Waals surface area contributed by atoms with Crippen molar-refractivity contribution in [2.75, 3.05) is 13.2 Å². The molecule has 192 valence electrons. The normalized spacial score (nSPS) is 51.5. The van der Waals surface area contributed by atoms with Gasteiger partial charge >= 0.3 is 0 Å². The third-order valence-corrected chi connectivity index (χ3v) is 9.12. The van der Waals surface area contributed by atoms with E-state index in [4.69, 9.17) is 4.74 Å². The Morgan fingerprint density at radius 3 is 1.27 bits per heavy atom. The molecule has 0 spiro atoms. The van der Waals surface area contributed by atoms with Crippen LogP contribution in [0.15, 0.2) is 0 Å². The Labute approximate surface area is 196 Å². The van der Waals surface area contributed by atoms with E-state index in [1.54, 1.807) is 0 Å². The van der Waals surface area contributed by atoms with Crippen LogP contribution in [0, 0.1) is 35.5 Å². The van der Waals surface area contributed by atoms with Crippen molar-refractivity contribution in [2.45, 2.75) is 107 Å². The van der Waals surface area contributed by atoms with Gasteiger partial charge in [0.2, 0.25) is 0 Å². The summed E-state index contributed by atoms with van der Waals surface area (Å²) in [6.45, 7) is 1.59. The lowest BCUT2D eigenvalue weighted by molar-refractivity contribution is -0.115. The maximum Gasteiger partial charge on any atom is 0.106 e. The fourth-order valence-electron chi connectivity index (χ4n) is 7.30. The molecule has 0 aromatic rings. The van der Waals surface area contributed by atoms with E-state index in [-0.39, 0.29) is 23.7 Å². The van der Waals surface area contributed by atoms with Crippen LogP contribution < -0.4 is 0 Å². The summed E-state index contributed by atoms with van der Waals surface area (Å²) in [7, 11) is 0. The first-order chi connectivity index (χ1) is 15.7. The van der Waals surface area contributed by atoms with Crippen LogP contribution in [0.2, 0.25) is 0 Å². The van der Waals surface area contributed by atoms with E-state index in [1.807, 2.05) is 0 Å². The SMILES string of the molecule is OC1CC(CC2C(O)CC(CC3C(O)CC(CC4CCOC4)CC3O)CC2O)CC(O)C1O. The molecule has 3 aliphatic carbocycles. The highest BCUT2D eigenvalue weighted by atomic mass is 16.5. The van der Waals surface area contributed by atoms with E-state index >= 15 is 0 Å². The van der Waals surface area contributed by atoms with Crippen LogP contribution in [0.25, 0.3) is 0 Å². The average molecular weight is 473 g/mol. The summed E-state index contributed by atoms with van der Waals surface area (Å²) in [6, 6.07) is 0. The number of ether oxygens (including phenoxy) is 1. The molecule has 4 aliphatic rings. The van der Waals surface area contributed by atoms with Crippen LogP contribution in [0.1, 0.15) is 64.2 Å². The molecular formula is C25H44O8. The number of hydrogen-bond acceptors (Lipinski definition) is 8. The van der Waals surface area contributed by atoms with Gasteiger partial charge in [-0.1, -0.05) is 0 Å². The topological polar surface area (TPSA) is 151 Å². The fourth-order valence-corrected chi connectivity index (χ4v) is 7.30. The average Bonchev–Trinajstić information content (AvgIpc) is 3.24. The summed E-state index contributed by atoms with van der Waals surface area (Å²) in [5, 5.41) is 72.9. The molecule has 0 radical (unpaired) electrons. The summed E-state index contributed by atoms with van der Waals surface area (Å²) in [6.07, 6.45) is 0.629. The minimum absolute atomic E-state index is 0.0321. The third-order valence-electron chi connectivity index (χ3n) is 9.12. The molecular weight excluding hydrogens is 428 g/mol. The Morgan fingerprint density at radius 2 is 0.879 bits per heavy atom. The van der Waals surface area contributed by atoms with Gasteiger partial charge in [0.1, 0.15) is 6.10 Å². The molecule has 7 N–H and O–H groups in total. The molecule has 1 aliphatic heterocycles. The molecule has 4 fully saturated rings. The van der Waals surface area contributed by atoms with E-state index in [2.05, 4.69) is 0 Å². The van der Waals surface area contributed by atoms with Gasteiger partial charge in [0.25, 0.3) is 0 Å². The van der Waals surface area contributed by atoms with Crippen molar-refractivity contribution >= 4 is 0 Å². The van der Waals surface area contributed by atoms with Gasteiger partial charge in [-0.3, -0.25) is 0 Å². The summed E-state index contributed by atoms with van der Waals surface area (Å²) >= 11 is 0. The van der Waals surface area contributed by atoms with Crippen molar-refractivity contribution in [3.05, 3.63) is 0 Å². The molecule has 0 aromatic heterocycles. The quantitative estimate of drug-likeness (QED) is 0.289. The molecule has 1 saturated heterocycles. The van der Waals surface area contributed by atoms with Crippen molar-refractivity contribution in [1.82, 2.24) is 0 Å². The lowest BCUT2D eigenvalue weighted by Gasteiger charge is -2.44. The monoisotopic (exact) mass is 472 g/mol. The Morgan fingerprint density at radius 1 is 0.485 bits per heavy atom. The largest absolute Gasteiger partial charge is 0.393 e. The van der Waals surface area contributed by atoms with Crippen molar-refractivity contribution in [1.29, 1.82) is 0 Å². The van der Waals surface area contributed by atoms with Crippen molar-refractivity contribution in [3.8, 4) is 0 Å². The highest BCUT2D eigenvalue weighted by Gasteiger charge is 2.43. The molecule has 4 rings (SSSR count). The van der Waals surface area contributed by atoms with Gasteiger partial charge in [0, 0.05) is 25.0 Å². The summed E-state index contributed by atoms with van der Waals surface area (Å²) < 4.78 is 5.46. The van der Waals surface area contributed by atoms with Crippen LogP contribution in [-0.2, 0) is 4.74 Å². The fraction of sp³-hybridized carbons (Fsp3) is 1.00. The van der Waals surface area contributed by atoms with Gasteiger partial charge in [0.05, 0.1) is 36.6 Å². The van der Waals surface area contributed by atoms with Gasteiger partial charge in [-0.15, -0.1) is 0 Å². The minimum Gasteiger partial charge on any atom is -0.393 e.